The van der Waals surface area contributed by atoms with Crippen molar-refractivity contribution in [1.82, 2.24) is 4.90 Å². The van der Waals surface area contributed by atoms with Crippen LogP contribution in [0.2, 0.25) is 0 Å². The van der Waals surface area contributed by atoms with Gasteiger partial charge in [0.2, 0.25) is 0 Å². The lowest BCUT2D eigenvalue weighted by Crippen LogP contribution is -2.36. The number of nitrogens with zero attached hydrogens (tertiary/aromatic N) is 1. The number of benzene rings is 1. The lowest BCUT2D eigenvalue weighted by molar-refractivity contribution is 0.0716. The zero-order valence-corrected chi connectivity index (χ0v) is 11.9. The number of carbonyl (C=O) groups excluding carboxylic acids is 1. The number of phenolic OH excluding ortho intramolecular Hbond substituents is 1. The van der Waals surface area contributed by atoms with Crippen molar-refractivity contribution in [1.29, 1.82) is 0 Å². The van der Waals surface area contributed by atoms with Gasteiger partial charge in [-0.25, -0.2) is 0 Å². The number of amides is 1. The summed E-state index contributed by atoms with van der Waals surface area (Å²) in [5.74, 6) is 0.121. The van der Waals surface area contributed by atoms with Crippen LogP contribution in [0, 0.1) is 3.57 Å². The number of halogens is 1. The van der Waals surface area contributed by atoms with E-state index in [1.807, 2.05) is 43.4 Å². The molecule has 0 aliphatic carbocycles. The molecule has 0 unspecified atom stereocenters. The van der Waals surface area contributed by atoms with E-state index in [9.17, 15) is 9.90 Å². The van der Waals surface area contributed by atoms with E-state index in [0.29, 0.717) is 12.1 Å². The fourth-order valence-corrected chi connectivity index (χ4v) is 1.89. The van der Waals surface area contributed by atoms with E-state index in [2.05, 4.69) is 0 Å². The largest absolute Gasteiger partial charge is 0.507 e. The second-order valence-electron chi connectivity index (χ2n) is 3.85. The van der Waals surface area contributed by atoms with Gasteiger partial charge >= 0.3 is 0 Å². The molecule has 0 spiro atoms. The van der Waals surface area contributed by atoms with Gasteiger partial charge in [-0.2, -0.15) is 0 Å². The molecular formula is C12H16INO2. The fraction of sp³-hybridized carbons (Fsp3) is 0.417. The van der Waals surface area contributed by atoms with Crippen LogP contribution in [0.1, 0.15) is 31.1 Å². The van der Waals surface area contributed by atoms with Gasteiger partial charge in [0.1, 0.15) is 5.75 Å². The van der Waals surface area contributed by atoms with Crippen LogP contribution in [0.25, 0.3) is 0 Å². The van der Waals surface area contributed by atoms with Crippen LogP contribution in [0.15, 0.2) is 18.2 Å². The quantitative estimate of drug-likeness (QED) is 0.864. The molecule has 1 N–H and O–H groups in total. The average Bonchev–Trinajstić information content (AvgIpc) is 2.22. The molecule has 0 aliphatic rings. The third-order valence-corrected chi connectivity index (χ3v) is 3.33. The fourth-order valence-electron chi connectivity index (χ4n) is 1.55. The summed E-state index contributed by atoms with van der Waals surface area (Å²) in [6.45, 7) is 6.58. The summed E-state index contributed by atoms with van der Waals surface area (Å²) in [5, 5.41) is 9.56. The maximum Gasteiger partial charge on any atom is 0.254 e. The van der Waals surface area contributed by atoms with Crippen LogP contribution in [0.5, 0.6) is 5.75 Å². The van der Waals surface area contributed by atoms with E-state index in [0.717, 1.165) is 3.57 Å². The highest BCUT2D eigenvalue weighted by atomic mass is 127. The lowest BCUT2D eigenvalue weighted by Gasteiger charge is -2.25. The molecule has 0 aliphatic heterocycles. The Hall–Kier alpha value is -0.780. The molecule has 16 heavy (non-hydrogen) atoms. The van der Waals surface area contributed by atoms with E-state index in [1.165, 1.54) is 6.07 Å². The third-order valence-electron chi connectivity index (χ3n) is 2.42. The zero-order valence-electron chi connectivity index (χ0n) is 9.70. The van der Waals surface area contributed by atoms with Crippen LogP contribution in [-0.4, -0.2) is 28.5 Å². The maximum absolute atomic E-state index is 12.1. The first-order valence-corrected chi connectivity index (χ1v) is 6.34. The van der Waals surface area contributed by atoms with Crippen molar-refractivity contribution in [3.8, 4) is 5.75 Å². The van der Waals surface area contributed by atoms with Gasteiger partial charge in [0, 0.05) is 18.2 Å². The molecule has 1 amide bonds. The second kappa shape index (κ2) is 5.52. The monoisotopic (exact) mass is 333 g/mol. The molecule has 0 bridgehead atoms. The molecule has 0 aromatic heterocycles. The highest BCUT2D eigenvalue weighted by Gasteiger charge is 2.17. The van der Waals surface area contributed by atoms with E-state index in [4.69, 9.17) is 0 Å². The van der Waals surface area contributed by atoms with Crippen molar-refractivity contribution in [2.24, 2.45) is 0 Å². The second-order valence-corrected chi connectivity index (χ2v) is 5.01. The van der Waals surface area contributed by atoms with Crippen LogP contribution in [-0.2, 0) is 0 Å². The first-order valence-electron chi connectivity index (χ1n) is 5.26. The van der Waals surface area contributed by atoms with Crippen molar-refractivity contribution in [2.75, 3.05) is 6.54 Å². The number of rotatable bonds is 3. The minimum Gasteiger partial charge on any atom is -0.507 e. The SMILES string of the molecule is CCN(C(=O)c1ccc(I)c(O)c1)C(C)C. The Morgan fingerprint density at radius 2 is 2.12 bits per heavy atom. The van der Waals surface area contributed by atoms with E-state index in [1.54, 1.807) is 17.0 Å². The Morgan fingerprint density at radius 1 is 1.50 bits per heavy atom. The number of hydrogen-bond acceptors (Lipinski definition) is 2. The highest BCUT2D eigenvalue weighted by Crippen LogP contribution is 2.21. The third kappa shape index (κ3) is 2.87. The Labute approximate surface area is 110 Å². The summed E-state index contributed by atoms with van der Waals surface area (Å²) in [4.78, 5) is 13.9. The predicted octanol–water partition coefficient (Wildman–Crippen LogP) is 2.87. The van der Waals surface area contributed by atoms with Gasteiger partial charge in [0.15, 0.2) is 0 Å². The van der Waals surface area contributed by atoms with E-state index >= 15 is 0 Å². The smallest absolute Gasteiger partial charge is 0.254 e. The zero-order chi connectivity index (χ0) is 12.3. The van der Waals surface area contributed by atoms with Gasteiger partial charge in [-0.1, -0.05) is 0 Å². The normalized spacial score (nSPS) is 10.6. The van der Waals surface area contributed by atoms with Crippen molar-refractivity contribution < 1.29 is 9.90 Å². The molecule has 0 heterocycles. The first kappa shape index (κ1) is 13.3. The van der Waals surface area contributed by atoms with Crippen LogP contribution in [0.3, 0.4) is 0 Å². The summed E-state index contributed by atoms with van der Waals surface area (Å²) in [7, 11) is 0. The minimum atomic E-state index is -0.0378. The lowest BCUT2D eigenvalue weighted by atomic mass is 10.1. The molecule has 0 saturated carbocycles. The molecule has 1 aromatic carbocycles. The first-order chi connectivity index (χ1) is 7.47. The Balaban J connectivity index is 2.99. The topological polar surface area (TPSA) is 40.5 Å². The predicted molar refractivity (Wildman–Crippen MR) is 72.7 cm³/mol. The van der Waals surface area contributed by atoms with Gasteiger partial charge in [-0.15, -0.1) is 0 Å². The van der Waals surface area contributed by atoms with Gasteiger partial charge in [-0.3, -0.25) is 4.79 Å². The molecule has 0 fully saturated rings. The highest BCUT2D eigenvalue weighted by molar-refractivity contribution is 14.1. The Kier molecular flexibility index (Phi) is 4.58. The molecule has 1 rings (SSSR count). The number of phenols is 1. The molecule has 0 radical (unpaired) electrons. The summed E-state index contributed by atoms with van der Waals surface area (Å²) in [6.07, 6.45) is 0. The van der Waals surface area contributed by atoms with Crippen LogP contribution >= 0.6 is 22.6 Å². The van der Waals surface area contributed by atoms with Crippen LogP contribution in [0.4, 0.5) is 0 Å². The molecule has 88 valence electrons. The van der Waals surface area contributed by atoms with Crippen molar-refractivity contribution in [2.45, 2.75) is 26.8 Å². The van der Waals surface area contributed by atoms with Gasteiger partial charge < -0.3 is 10.0 Å². The summed E-state index contributed by atoms with van der Waals surface area (Å²) in [6, 6.07) is 5.18. The van der Waals surface area contributed by atoms with E-state index in [-0.39, 0.29) is 17.7 Å². The van der Waals surface area contributed by atoms with Gasteiger partial charge in [0.25, 0.3) is 5.91 Å². The summed E-state index contributed by atoms with van der Waals surface area (Å²) in [5.41, 5.74) is 0.536. The number of aromatic hydroxyl groups is 1. The molecule has 4 heteroatoms. The molecule has 3 nitrogen and oxygen atoms in total. The Bertz CT molecular complexity index is 391. The van der Waals surface area contributed by atoms with Crippen molar-refractivity contribution in [3.63, 3.8) is 0 Å². The molecule has 0 atom stereocenters. The molecule has 1 aromatic rings. The molecular weight excluding hydrogens is 317 g/mol. The summed E-state index contributed by atoms with van der Waals surface area (Å²) >= 11 is 2.03. The van der Waals surface area contributed by atoms with Crippen molar-refractivity contribution >= 4 is 28.5 Å². The van der Waals surface area contributed by atoms with Crippen LogP contribution < -0.4 is 0 Å². The van der Waals surface area contributed by atoms with Gasteiger partial charge in [0.05, 0.1) is 3.57 Å². The number of carbonyl (C=O) groups is 1. The van der Waals surface area contributed by atoms with E-state index < -0.39 is 0 Å². The minimum absolute atomic E-state index is 0.0378. The number of hydrogen-bond donors (Lipinski definition) is 1. The van der Waals surface area contributed by atoms with Gasteiger partial charge in [-0.05, 0) is 61.6 Å². The van der Waals surface area contributed by atoms with Crippen molar-refractivity contribution in [3.05, 3.63) is 27.3 Å². The molecule has 0 saturated heterocycles. The maximum atomic E-state index is 12.1. The Morgan fingerprint density at radius 3 is 2.56 bits per heavy atom. The standard InChI is InChI=1S/C12H16INO2/c1-4-14(8(2)3)12(16)9-5-6-10(13)11(15)7-9/h5-8,15H,4H2,1-3H3. The summed E-state index contributed by atoms with van der Waals surface area (Å²) < 4.78 is 0.752. The average molecular weight is 333 g/mol.